The molecule has 14 nitrogen and oxygen atoms in total. The van der Waals surface area contributed by atoms with E-state index in [9.17, 15) is 9.90 Å². The van der Waals surface area contributed by atoms with Crippen molar-refractivity contribution < 1.29 is 38.3 Å². The molecule has 4 rings (SSSR count). The highest BCUT2D eigenvalue weighted by Gasteiger charge is 2.25. The van der Waals surface area contributed by atoms with E-state index in [1.54, 1.807) is 6.20 Å². The van der Waals surface area contributed by atoms with Gasteiger partial charge < -0.3 is 43.7 Å². The molecule has 1 atom stereocenters. The van der Waals surface area contributed by atoms with Crippen LogP contribution in [-0.2, 0) is 41.4 Å². The summed E-state index contributed by atoms with van der Waals surface area (Å²) < 4.78 is 34.5. The predicted octanol–water partition coefficient (Wildman–Crippen LogP) is 3.83. The number of aryl methyl sites for hydroxylation is 1. The lowest BCUT2D eigenvalue weighted by molar-refractivity contribution is -0.160. The number of hydrogen-bond acceptors (Lipinski definition) is 13. The minimum Gasteiger partial charge on any atom is -0.475 e. The minimum atomic E-state index is -0.518. The van der Waals surface area contributed by atoms with Crippen LogP contribution in [0.1, 0.15) is 64.5 Å². The van der Waals surface area contributed by atoms with E-state index in [1.165, 1.54) is 6.42 Å². The van der Waals surface area contributed by atoms with Crippen molar-refractivity contribution in [2.24, 2.45) is 0 Å². The smallest absolute Gasteiger partial charge is 0.332 e. The molecule has 0 amide bonds. The van der Waals surface area contributed by atoms with Crippen LogP contribution in [0.15, 0.2) is 30.6 Å². The van der Waals surface area contributed by atoms with Gasteiger partial charge in [-0.15, -0.1) is 0 Å². The van der Waals surface area contributed by atoms with Crippen molar-refractivity contribution in [3.63, 3.8) is 0 Å². The fourth-order valence-electron chi connectivity index (χ4n) is 5.45. The van der Waals surface area contributed by atoms with Crippen LogP contribution in [0.4, 0.5) is 11.6 Å². The summed E-state index contributed by atoms with van der Waals surface area (Å²) in [5, 5.41) is 17.8. The highest BCUT2D eigenvalue weighted by molar-refractivity contribution is 5.71. The average Bonchev–Trinajstić information content (AvgIpc) is 3.51. The number of esters is 1. The van der Waals surface area contributed by atoms with E-state index in [-0.39, 0.29) is 25.2 Å². The Hall–Kier alpha value is -3.56. The fourth-order valence-corrected chi connectivity index (χ4v) is 5.45. The van der Waals surface area contributed by atoms with E-state index in [0.29, 0.717) is 65.3 Å². The molecular formula is C35H54N6O8. The Morgan fingerprint density at radius 1 is 0.980 bits per heavy atom. The molecule has 272 valence electrons. The molecule has 0 spiro atoms. The topological polar surface area (TPSA) is 151 Å². The SMILES string of the molecule is CCc1cnn2c(NCc3ccc(OCCOCCOCCOCCOCC(=O)OC(C)(C)C)nc3)cc(N3CCCC[C@H]3CCO)nc12. The Morgan fingerprint density at radius 3 is 2.35 bits per heavy atom. The van der Waals surface area contributed by atoms with Gasteiger partial charge >= 0.3 is 5.97 Å². The molecule has 3 aromatic rings. The number of piperidine rings is 1. The first-order valence-corrected chi connectivity index (χ1v) is 17.4. The third-order valence-corrected chi connectivity index (χ3v) is 7.80. The highest BCUT2D eigenvalue weighted by Crippen LogP contribution is 2.29. The molecule has 2 N–H and O–H groups in total. The lowest BCUT2D eigenvalue weighted by Gasteiger charge is -2.36. The van der Waals surface area contributed by atoms with Crippen molar-refractivity contribution in [1.29, 1.82) is 0 Å². The van der Waals surface area contributed by atoms with Gasteiger partial charge in [-0.05, 0) is 58.4 Å². The summed E-state index contributed by atoms with van der Waals surface area (Å²) in [6.07, 6.45) is 8.62. The number of anilines is 2. The van der Waals surface area contributed by atoms with Crippen molar-refractivity contribution in [1.82, 2.24) is 19.6 Å². The zero-order valence-corrected chi connectivity index (χ0v) is 29.5. The molecule has 0 bridgehead atoms. The molecule has 49 heavy (non-hydrogen) atoms. The van der Waals surface area contributed by atoms with Gasteiger partial charge in [0.25, 0.3) is 0 Å². The number of pyridine rings is 1. The van der Waals surface area contributed by atoms with Crippen LogP contribution in [-0.4, -0.2) is 115 Å². The van der Waals surface area contributed by atoms with Gasteiger partial charge in [0.1, 0.15) is 30.5 Å². The van der Waals surface area contributed by atoms with E-state index < -0.39 is 5.60 Å². The largest absolute Gasteiger partial charge is 0.475 e. The summed E-state index contributed by atoms with van der Waals surface area (Å²) in [6, 6.07) is 6.19. The second-order valence-corrected chi connectivity index (χ2v) is 12.8. The van der Waals surface area contributed by atoms with Crippen LogP contribution in [0.25, 0.3) is 5.65 Å². The summed E-state index contributed by atoms with van der Waals surface area (Å²) in [7, 11) is 0. The van der Waals surface area contributed by atoms with Crippen LogP contribution < -0.4 is 15.0 Å². The van der Waals surface area contributed by atoms with Crippen molar-refractivity contribution in [3.05, 3.63) is 41.7 Å². The quantitative estimate of drug-likeness (QED) is 0.117. The summed E-state index contributed by atoms with van der Waals surface area (Å²) >= 11 is 0. The molecule has 1 saturated heterocycles. The third kappa shape index (κ3) is 13.0. The van der Waals surface area contributed by atoms with Gasteiger partial charge in [0.15, 0.2) is 5.65 Å². The third-order valence-electron chi connectivity index (χ3n) is 7.80. The Labute approximate surface area is 289 Å². The number of nitrogens with zero attached hydrogens (tertiary/aromatic N) is 5. The summed E-state index contributed by atoms with van der Waals surface area (Å²) in [4.78, 5) is 23.4. The first-order chi connectivity index (χ1) is 23.8. The van der Waals surface area contributed by atoms with Gasteiger partial charge in [0.05, 0.1) is 52.4 Å². The van der Waals surface area contributed by atoms with Gasteiger partial charge in [0, 0.05) is 49.6 Å². The average molecular weight is 687 g/mol. The summed E-state index contributed by atoms with van der Waals surface area (Å²) in [5.74, 6) is 1.93. The second-order valence-electron chi connectivity index (χ2n) is 12.8. The number of hydrogen-bond donors (Lipinski definition) is 2. The van der Waals surface area contributed by atoms with Crippen LogP contribution in [0.3, 0.4) is 0 Å². The van der Waals surface area contributed by atoms with Crippen LogP contribution in [0.2, 0.25) is 0 Å². The number of aromatic nitrogens is 4. The maximum Gasteiger partial charge on any atom is 0.332 e. The number of carbonyl (C=O) groups is 1. The number of rotatable bonds is 22. The van der Waals surface area contributed by atoms with Crippen molar-refractivity contribution in [2.45, 2.75) is 78.0 Å². The van der Waals surface area contributed by atoms with E-state index >= 15 is 0 Å². The van der Waals surface area contributed by atoms with E-state index in [0.717, 1.165) is 60.6 Å². The zero-order chi connectivity index (χ0) is 34.9. The van der Waals surface area contributed by atoms with Gasteiger partial charge in [0.2, 0.25) is 5.88 Å². The van der Waals surface area contributed by atoms with Crippen LogP contribution in [0, 0.1) is 0 Å². The highest BCUT2D eigenvalue weighted by atomic mass is 16.6. The maximum atomic E-state index is 11.6. The summed E-state index contributed by atoms with van der Waals surface area (Å²) in [5.41, 5.74) is 2.44. The first-order valence-electron chi connectivity index (χ1n) is 17.4. The molecular weight excluding hydrogens is 632 g/mol. The zero-order valence-electron chi connectivity index (χ0n) is 29.5. The van der Waals surface area contributed by atoms with Crippen LogP contribution in [0.5, 0.6) is 5.88 Å². The van der Waals surface area contributed by atoms with Crippen molar-refractivity contribution in [3.8, 4) is 5.88 Å². The van der Waals surface area contributed by atoms with Crippen molar-refractivity contribution in [2.75, 3.05) is 82.8 Å². The number of aliphatic hydroxyl groups excluding tert-OH is 1. The number of aliphatic hydroxyl groups is 1. The molecule has 0 unspecified atom stereocenters. The Balaban J connectivity index is 1.10. The van der Waals surface area contributed by atoms with Crippen LogP contribution >= 0.6 is 0 Å². The van der Waals surface area contributed by atoms with Gasteiger partial charge in [-0.3, -0.25) is 0 Å². The first kappa shape index (κ1) is 38.2. The maximum absolute atomic E-state index is 11.6. The molecule has 1 aliphatic rings. The summed E-state index contributed by atoms with van der Waals surface area (Å²) in [6.45, 7) is 12.4. The Kier molecular flexibility index (Phi) is 15.8. The second kappa shape index (κ2) is 20.2. The number of carbonyl (C=O) groups excluding carboxylic acids is 1. The van der Waals surface area contributed by atoms with E-state index in [1.807, 2.05) is 43.6 Å². The van der Waals surface area contributed by atoms with Gasteiger partial charge in [-0.1, -0.05) is 13.0 Å². The van der Waals surface area contributed by atoms with Crippen molar-refractivity contribution >= 4 is 23.3 Å². The number of nitrogens with one attached hydrogen (secondary N) is 1. The minimum absolute atomic E-state index is 0.0891. The Bertz CT molecular complexity index is 1400. The monoisotopic (exact) mass is 686 g/mol. The molecule has 4 heterocycles. The van der Waals surface area contributed by atoms with Gasteiger partial charge in [-0.2, -0.15) is 9.61 Å². The molecule has 0 aliphatic carbocycles. The lowest BCUT2D eigenvalue weighted by atomic mass is 9.99. The molecule has 1 fully saturated rings. The molecule has 0 saturated carbocycles. The molecule has 0 radical (unpaired) electrons. The number of fused-ring (bicyclic) bond motifs is 1. The van der Waals surface area contributed by atoms with E-state index in [4.69, 9.17) is 33.4 Å². The number of ether oxygens (including phenoxy) is 6. The normalized spacial score (nSPS) is 15.1. The predicted molar refractivity (Wildman–Crippen MR) is 185 cm³/mol. The molecule has 0 aromatic carbocycles. The van der Waals surface area contributed by atoms with E-state index in [2.05, 4.69) is 33.3 Å². The molecule has 14 heteroatoms. The molecule has 3 aromatic heterocycles. The molecule has 1 aliphatic heterocycles. The Morgan fingerprint density at radius 2 is 1.69 bits per heavy atom. The van der Waals surface area contributed by atoms with Gasteiger partial charge in [-0.25, -0.2) is 14.8 Å². The fraction of sp³-hybridized carbons (Fsp3) is 0.657. The standard InChI is InChI=1S/C35H54N6O8/c1-5-28-25-38-41-30(22-31(39-34(28)41)40-12-7-6-8-29(40)11-13-42)36-23-27-9-10-32(37-24-27)48-21-20-46-17-16-44-14-15-45-18-19-47-26-33(43)49-35(2,3)4/h9-10,22,24-25,29,36,42H,5-8,11-21,23,26H2,1-4H3/t29-/m0/s1. The lowest BCUT2D eigenvalue weighted by Crippen LogP contribution is -2.40.